The summed E-state index contributed by atoms with van der Waals surface area (Å²) in [6, 6.07) is 3.44. The Hall–Kier alpha value is -1.95. The fourth-order valence-electron chi connectivity index (χ4n) is 1.50. The highest BCUT2D eigenvalue weighted by Crippen LogP contribution is 2.19. The number of hydrogen-bond acceptors (Lipinski definition) is 5. The maximum absolute atomic E-state index is 12.0. The van der Waals surface area contributed by atoms with Gasteiger partial charge in [-0.2, -0.15) is 0 Å². The van der Waals surface area contributed by atoms with E-state index in [-0.39, 0.29) is 5.91 Å². The molecule has 2 aromatic rings. The highest BCUT2D eigenvalue weighted by Gasteiger charge is 2.13. The minimum absolute atomic E-state index is 0.162. The Labute approximate surface area is 109 Å². The van der Waals surface area contributed by atoms with Crippen molar-refractivity contribution in [2.45, 2.75) is 13.8 Å². The van der Waals surface area contributed by atoms with E-state index in [2.05, 4.69) is 15.3 Å². The van der Waals surface area contributed by atoms with Crippen LogP contribution in [-0.4, -0.2) is 23.0 Å². The first kappa shape index (κ1) is 12.5. The standard InChI is InChI=1S/C12H13N3O2S/c1-7-11(18-8(2)14-7)12(16)15-9-4-5-10(17-3)13-6-9/h4-6H,1-3H3,(H,15,16). The van der Waals surface area contributed by atoms with Crippen molar-refractivity contribution in [3.05, 3.63) is 33.9 Å². The number of nitrogens with one attached hydrogen (secondary N) is 1. The number of carbonyl (C=O) groups excluding carboxylic acids is 1. The van der Waals surface area contributed by atoms with Gasteiger partial charge in [-0.25, -0.2) is 9.97 Å². The molecule has 0 fully saturated rings. The molecule has 2 aromatic heterocycles. The second-order valence-electron chi connectivity index (χ2n) is 3.69. The first-order valence-electron chi connectivity index (χ1n) is 5.35. The third kappa shape index (κ3) is 2.65. The summed E-state index contributed by atoms with van der Waals surface area (Å²) in [7, 11) is 1.55. The molecule has 2 rings (SSSR count). The quantitative estimate of drug-likeness (QED) is 0.923. The molecule has 0 aromatic carbocycles. The zero-order chi connectivity index (χ0) is 13.1. The fourth-order valence-corrected chi connectivity index (χ4v) is 2.32. The normalized spacial score (nSPS) is 10.2. The predicted octanol–water partition coefficient (Wildman–Crippen LogP) is 2.42. The maximum atomic E-state index is 12.0. The third-order valence-corrected chi connectivity index (χ3v) is 3.38. The van der Waals surface area contributed by atoms with Crippen molar-refractivity contribution in [3.63, 3.8) is 0 Å². The van der Waals surface area contributed by atoms with Crippen LogP contribution >= 0.6 is 11.3 Å². The molecule has 2 heterocycles. The Balaban J connectivity index is 2.13. The summed E-state index contributed by atoms with van der Waals surface area (Å²) in [5.74, 6) is 0.350. The number of methoxy groups -OCH3 is 1. The number of rotatable bonds is 3. The lowest BCUT2D eigenvalue weighted by Crippen LogP contribution is -2.11. The highest BCUT2D eigenvalue weighted by atomic mass is 32.1. The number of carbonyl (C=O) groups is 1. The molecular formula is C12H13N3O2S. The van der Waals surface area contributed by atoms with Gasteiger partial charge in [-0.3, -0.25) is 4.79 Å². The zero-order valence-electron chi connectivity index (χ0n) is 10.4. The van der Waals surface area contributed by atoms with Crippen LogP contribution < -0.4 is 10.1 Å². The van der Waals surface area contributed by atoms with Gasteiger partial charge in [0, 0.05) is 6.07 Å². The lowest BCUT2D eigenvalue weighted by molar-refractivity contribution is 0.102. The average molecular weight is 263 g/mol. The monoisotopic (exact) mass is 263 g/mol. The van der Waals surface area contributed by atoms with Gasteiger partial charge in [0.05, 0.1) is 29.7 Å². The zero-order valence-corrected chi connectivity index (χ0v) is 11.2. The van der Waals surface area contributed by atoms with Crippen molar-refractivity contribution in [3.8, 4) is 5.88 Å². The molecule has 0 bridgehead atoms. The van der Waals surface area contributed by atoms with Crippen LogP contribution in [0.25, 0.3) is 0 Å². The number of pyridine rings is 1. The maximum Gasteiger partial charge on any atom is 0.267 e. The van der Waals surface area contributed by atoms with Crippen molar-refractivity contribution >= 4 is 22.9 Å². The van der Waals surface area contributed by atoms with Gasteiger partial charge in [-0.15, -0.1) is 11.3 Å². The third-order valence-electron chi connectivity index (χ3n) is 2.31. The molecule has 5 nitrogen and oxygen atoms in total. The number of thiazole rings is 1. The van der Waals surface area contributed by atoms with Gasteiger partial charge in [-0.1, -0.05) is 0 Å². The summed E-state index contributed by atoms with van der Waals surface area (Å²) in [4.78, 5) is 20.9. The molecule has 0 saturated carbocycles. The molecule has 1 N–H and O–H groups in total. The van der Waals surface area contributed by atoms with E-state index in [0.29, 0.717) is 16.4 Å². The predicted molar refractivity (Wildman–Crippen MR) is 70.3 cm³/mol. The Kier molecular flexibility index (Phi) is 3.57. The van der Waals surface area contributed by atoms with Gasteiger partial charge >= 0.3 is 0 Å². The van der Waals surface area contributed by atoms with Crippen LogP contribution in [0.1, 0.15) is 20.4 Å². The Morgan fingerprint density at radius 1 is 1.39 bits per heavy atom. The highest BCUT2D eigenvalue weighted by molar-refractivity contribution is 7.13. The van der Waals surface area contributed by atoms with Crippen LogP contribution in [0, 0.1) is 13.8 Å². The minimum Gasteiger partial charge on any atom is -0.481 e. The number of hydrogen-bond donors (Lipinski definition) is 1. The van der Waals surface area contributed by atoms with E-state index in [4.69, 9.17) is 4.74 Å². The molecule has 0 spiro atoms. The molecule has 1 amide bonds. The summed E-state index contributed by atoms with van der Waals surface area (Å²) >= 11 is 1.38. The number of anilines is 1. The second-order valence-corrected chi connectivity index (χ2v) is 4.89. The van der Waals surface area contributed by atoms with Gasteiger partial charge < -0.3 is 10.1 Å². The van der Waals surface area contributed by atoms with Crippen molar-refractivity contribution in [1.29, 1.82) is 0 Å². The molecule has 0 aliphatic heterocycles. The van der Waals surface area contributed by atoms with Crippen LogP contribution in [0.5, 0.6) is 5.88 Å². The molecule has 0 unspecified atom stereocenters. The van der Waals surface area contributed by atoms with Crippen molar-refractivity contribution in [2.75, 3.05) is 12.4 Å². The Morgan fingerprint density at radius 2 is 2.17 bits per heavy atom. The molecule has 18 heavy (non-hydrogen) atoms. The molecule has 94 valence electrons. The summed E-state index contributed by atoms with van der Waals surface area (Å²) < 4.78 is 4.95. The van der Waals surface area contributed by atoms with E-state index in [0.717, 1.165) is 10.7 Å². The SMILES string of the molecule is COc1ccc(NC(=O)c2sc(C)nc2C)cn1. The van der Waals surface area contributed by atoms with E-state index in [9.17, 15) is 4.79 Å². The van der Waals surface area contributed by atoms with E-state index in [1.165, 1.54) is 11.3 Å². The average Bonchev–Trinajstić information content (AvgIpc) is 2.69. The van der Waals surface area contributed by atoms with E-state index >= 15 is 0 Å². The summed E-state index contributed by atoms with van der Waals surface area (Å²) in [5.41, 5.74) is 1.38. The topological polar surface area (TPSA) is 64.1 Å². The van der Waals surface area contributed by atoms with Crippen LogP contribution in [0.15, 0.2) is 18.3 Å². The van der Waals surface area contributed by atoms with Crippen LogP contribution in [0.4, 0.5) is 5.69 Å². The van der Waals surface area contributed by atoms with E-state index in [1.54, 1.807) is 25.4 Å². The summed E-state index contributed by atoms with van der Waals surface area (Å²) in [5, 5.41) is 3.66. The van der Waals surface area contributed by atoms with E-state index < -0.39 is 0 Å². The van der Waals surface area contributed by atoms with Crippen LogP contribution in [0.3, 0.4) is 0 Å². The molecule has 0 aliphatic rings. The first-order valence-corrected chi connectivity index (χ1v) is 6.17. The second kappa shape index (κ2) is 5.14. The van der Waals surface area contributed by atoms with Gasteiger partial charge in [0.1, 0.15) is 4.88 Å². The molecule has 6 heteroatoms. The van der Waals surface area contributed by atoms with Gasteiger partial charge in [0.25, 0.3) is 5.91 Å². The lowest BCUT2D eigenvalue weighted by Gasteiger charge is -2.04. The van der Waals surface area contributed by atoms with Crippen LogP contribution in [0.2, 0.25) is 0 Å². The summed E-state index contributed by atoms with van der Waals surface area (Å²) in [6.07, 6.45) is 1.56. The molecule has 0 atom stereocenters. The number of ether oxygens (including phenoxy) is 1. The molecule has 0 aliphatic carbocycles. The number of amides is 1. The van der Waals surface area contributed by atoms with Crippen molar-refractivity contribution in [1.82, 2.24) is 9.97 Å². The van der Waals surface area contributed by atoms with Gasteiger partial charge in [-0.05, 0) is 19.9 Å². The number of nitrogens with zero attached hydrogens (tertiary/aromatic N) is 2. The molecule has 0 saturated heterocycles. The number of aryl methyl sites for hydroxylation is 2. The fraction of sp³-hybridized carbons (Fsp3) is 0.250. The molecular weight excluding hydrogens is 250 g/mol. The van der Waals surface area contributed by atoms with E-state index in [1.807, 2.05) is 13.8 Å². The van der Waals surface area contributed by atoms with Crippen LogP contribution in [-0.2, 0) is 0 Å². The minimum atomic E-state index is -0.162. The molecule has 0 radical (unpaired) electrons. The van der Waals surface area contributed by atoms with Crippen molar-refractivity contribution in [2.24, 2.45) is 0 Å². The first-order chi connectivity index (χ1) is 8.60. The Morgan fingerprint density at radius 3 is 2.67 bits per heavy atom. The smallest absolute Gasteiger partial charge is 0.267 e. The largest absolute Gasteiger partial charge is 0.481 e. The van der Waals surface area contributed by atoms with Crippen molar-refractivity contribution < 1.29 is 9.53 Å². The number of aromatic nitrogens is 2. The lowest BCUT2D eigenvalue weighted by atomic mass is 10.3. The van der Waals surface area contributed by atoms with Gasteiger partial charge in [0.15, 0.2) is 0 Å². The van der Waals surface area contributed by atoms with Gasteiger partial charge in [0.2, 0.25) is 5.88 Å². The summed E-state index contributed by atoms with van der Waals surface area (Å²) in [6.45, 7) is 3.70. The Bertz CT molecular complexity index is 563.